The Balaban J connectivity index is 1.63. The molecule has 34 heavy (non-hydrogen) atoms. The predicted molar refractivity (Wildman–Crippen MR) is 126 cm³/mol. The number of fused-ring (bicyclic) bond motifs is 1. The second kappa shape index (κ2) is 8.85. The molecule has 0 bridgehead atoms. The molecule has 1 unspecified atom stereocenters. The van der Waals surface area contributed by atoms with Gasteiger partial charge < -0.3 is 24.6 Å². The molecule has 1 amide bonds. The average Bonchev–Trinajstić information content (AvgIpc) is 3.15. The van der Waals surface area contributed by atoms with Crippen LogP contribution in [0.25, 0.3) is 11.1 Å². The van der Waals surface area contributed by atoms with Crippen LogP contribution in [0.2, 0.25) is 0 Å². The molecule has 7 nitrogen and oxygen atoms in total. The summed E-state index contributed by atoms with van der Waals surface area (Å²) in [7, 11) is 3.13. The van der Waals surface area contributed by atoms with Gasteiger partial charge in [-0.05, 0) is 54.5 Å². The van der Waals surface area contributed by atoms with Crippen LogP contribution in [-0.4, -0.2) is 37.3 Å². The van der Waals surface area contributed by atoms with Crippen LogP contribution < -0.4 is 19.5 Å². The fourth-order valence-electron chi connectivity index (χ4n) is 5.53. The summed E-state index contributed by atoms with van der Waals surface area (Å²) in [6, 6.07) is 9.36. The predicted octanol–water partition coefficient (Wildman–Crippen LogP) is 4.81. The first-order valence-corrected chi connectivity index (χ1v) is 12.0. The van der Waals surface area contributed by atoms with Gasteiger partial charge in [0.1, 0.15) is 11.5 Å². The number of benzene rings is 2. The molecule has 0 spiro atoms. The largest absolute Gasteiger partial charge is 0.493 e. The van der Waals surface area contributed by atoms with E-state index in [4.69, 9.17) is 14.2 Å². The maximum atomic E-state index is 12.5. The average molecular weight is 466 g/mol. The zero-order valence-corrected chi connectivity index (χ0v) is 19.7. The van der Waals surface area contributed by atoms with E-state index in [2.05, 4.69) is 5.32 Å². The molecule has 7 heteroatoms. The van der Waals surface area contributed by atoms with E-state index in [-0.39, 0.29) is 5.91 Å². The fraction of sp³-hybridized carbons (Fsp3) is 0.481. The van der Waals surface area contributed by atoms with Gasteiger partial charge in [-0.1, -0.05) is 37.8 Å². The summed E-state index contributed by atoms with van der Waals surface area (Å²) >= 11 is 0. The Morgan fingerprint density at radius 2 is 1.82 bits per heavy atom. The quantitative estimate of drug-likeness (QED) is 0.552. The molecule has 2 saturated carbocycles. The number of aliphatic carboxylic acids is 1. The van der Waals surface area contributed by atoms with Gasteiger partial charge in [0.15, 0.2) is 11.5 Å². The van der Waals surface area contributed by atoms with E-state index in [9.17, 15) is 14.7 Å². The number of hydrogen-bond acceptors (Lipinski definition) is 5. The molecule has 1 aliphatic heterocycles. The lowest BCUT2D eigenvalue weighted by Gasteiger charge is -2.46. The monoisotopic (exact) mass is 465 g/mol. The van der Waals surface area contributed by atoms with Gasteiger partial charge in [-0.15, -0.1) is 0 Å². The fourth-order valence-corrected chi connectivity index (χ4v) is 5.53. The summed E-state index contributed by atoms with van der Waals surface area (Å²) < 4.78 is 18.1. The lowest BCUT2D eigenvalue weighted by atomic mass is 9.62. The number of methoxy groups -OCH3 is 2. The van der Waals surface area contributed by atoms with E-state index in [0.29, 0.717) is 54.5 Å². The summed E-state index contributed by atoms with van der Waals surface area (Å²) in [6.07, 6.45) is 5.75. The standard InChI is InChI=1S/C27H31NO6/c1-32-21-11-10-18(17-8-4-9-19-20(17)15-28-25(19)29)23(24(21)33-2)34-22(14-16-6-3-7-16)27(26(30)31)12-5-13-27/h4,8-11,16,22H,3,5-7,12-15H2,1-2H3,(H,28,29)(H,30,31). The van der Waals surface area contributed by atoms with Gasteiger partial charge in [0.2, 0.25) is 5.75 Å². The minimum atomic E-state index is -0.892. The molecule has 1 atom stereocenters. The minimum Gasteiger partial charge on any atom is -0.493 e. The second-order valence-electron chi connectivity index (χ2n) is 9.65. The number of carboxylic acids is 1. The molecular formula is C27H31NO6. The Hall–Kier alpha value is -3.22. The maximum absolute atomic E-state index is 12.5. The number of ether oxygens (including phenoxy) is 3. The molecule has 0 radical (unpaired) electrons. The number of carboxylic acid groups (broad SMARTS) is 1. The summed E-state index contributed by atoms with van der Waals surface area (Å²) in [5, 5.41) is 13.1. The van der Waals surface area contributed by atoms with E-state index in [1.54, 1.807) is 14.2 Å². The smallest absolute Gasteiger partial charge is 0.313 e. The van der Waals surface area contributed by atoms with Gasteiger partial charge >= 0.3 is 5.97 Å². The summed E-state index contributed by atoms with van der Waals surface area (Å²) in [5.74, 6) is 1.02. The van der Waals surface area contributed by atoms with Crippen molar-refractivity contribution in [3.05, 3.63) is 41.5 Å². The molecule has 0 aromatic heterocycles. The minimum absolute atomic E-state index is 0.0954. The van der Waals surface area contributed by atoms with Crippen LogP contribution in [0.1, 0.15) is 60.9 Å². The van der Waals surface area contributed by atoms with Gasteiger partial charge in [0.25, 0.3) is 5.91 Å². The van der Waals surface area contributed by atoms with Crippen LogP contribution in [0.3, 0.4) is 0 Å². The zero-order chi connectivity index (χ0) is 23.9. The van der Waals surface area contributed by atoms with Crippen LogP contribution in [0, 0.1) is 11.3 Å². The van der Waals surface area contributed by atoms with Crippen molar-refractivity contribution in [3.63, 3.8) is 0 Å². The SMILES string of the molecule is COc1ccc(-c2cccc3c2CNC3=O)c(OC(CC2CCC2)C2(C(=O)O)CCC2)c1OC. The highest BCUT2D eigenvalue weighted by Crippen LogP contribution is 2.52. The molecule has 2 N–H and O–H groups in total. The van der Waals surface area contributed by atoms with Gasteiger partial charge in [-0.25, -0.2) is 0 Å². The van der Waals surface area contributed by atoms with Crippen molar-refractivity contribution in [1.82, 2.24) is 5.32 Å². The molecule has 0 saturated heterocycles. The molecule has 2 aliphatic carbocycles. The van der Waals surface area contributed by atoms with Gasteiger partial charge in [-0.2, -0.15) is 0 Å². The third-order valence-corrected chi connectivity index (χ3v) is 7.96. The van der Waals surface area contributed by atoms with Crippen LogP contribution in [-0.2, 0) is 11.3 Å². The summed E-state index contributed by atoms with van der Waals surface area (Å²) in [6.45, 7) is 0.433. The van der Waals surface area contributed by atoms with E-state index < -0.39 is 17.5 Å². The van der Waals surface area contributed by atoms with E-state index in [1.807, 2.05) is 30.3 Å². The molecule has 3 aliphatic rings. The van der Waals surface area contributed by atoms with Crippen LogP contribution in [0.5, 0.6) is 17.2 Å². The molecule has 2 fully saturated rings. The van der Waals surface area contributed by atoms with Gasteiger partial charge in [-0.3, -0.25) is 9.59 Å². The molecule has 5 rings (SSSR count). The van der Waals surface area contributed by atoms with Crippen molar-refractivity contribution in [2.75, 3.05) is 14.2 Å². The number of carbonyl (C=O) groups excluding carboxylic acids is 1. The Kier molecular flexibility index (Phi) is 5.88. The van der Waals surface area contributed by atoms with Crippen LogP contribution >= 0.6 is 0 Å². The highest BCUT2D eigenvalue weighted by molar-refractivity contribution is 6.01. The first-order chi connectivity index (χ1) is 16.5. The van der Waals surface area contributed by atoms with Crippen molar-refractivity contribution in [1.29, 1.82) is 0 Å². The van der Waals surface area contributed by atoms with Crippen molar-refractivity contribution in [2.45, 2.75) is 57.6 Å². The van der Waals surface area contributed by atoms with Crippen LogP contribution in [0.15, 0.2) is 30.3 Å². The number of hydrogen-bond donors (Lipinski definition) is 2. The molecule has 1 heterocycles. The highest BCUT2D eigenvalue weighted by Gasteiger charge is 2.53. The van der Waals surface area contributed by atoms with E-state index >= 15 is 0 Å². The number of rotatable bonds is 9. The topological polar surface area (TPSA) is 94.1 Å². The third kappa shape index (κ3) is 3.58. The Bertz CT molecular complexity index is 1120. The Morgan fingerprint density at radius 3 is 2.41 bits per heavy atom. The molecule has 2 aromatic carbocycles. The number of amides is 1. The van der Waals surface area contributed by atoms with Crippen molar-refractivity contribution >= 4 is 11.9 Å². The number of nitrogens with one attached hydrogen (secondary N) is 1. The van der Waals surface area contributed by atoms with Crippen molar-refractivity contribution in [3.8, 4) is 28.4 Å². The van der Waals surface area contributed by atoms with E-state index in [1.165, 1.54) is 6.42 Å². The lowest BCUT2D eigenvalue weighted by molar-refractivity contribution is -0.165. The molecule has 2 aromatic rings. The highest BCUT2D eigenvalue weighted by atomic mass is 16.5. The van der Waals surface area contributed by atoms with Crippen molar-refractivity contribution < 1.29 is 28.9 Å². The van der Waals surface area contributed by atoms with Crippen molar-refractivity contribution in [2.24, 2.45) is 11.3 Å². The third-order valence-electron chi connectivity index (χ3n) is 7.96. The second-order valence-corrected chi connectivity index (χ2v) is 9.65. The first kappa shape index (κ1) is 22.6. The lowest BCUT2D eigenvalue weighted by Crippen LogP contribution is -2.51. The van der Waals surface area contributed by atoms with E-state index in [0.717, 1.165) is 36.0 Å². The van der Waals surface area contributed by atoms with Crippen LogP contribution in [0.4, 0.5) is 0 Å². The van der Waals surface area contributed by atoms with Gasteiger partial charge in [0, 0.05) is 17.7 Å². The summed E-state index contributed by atoms with van der Waals surface area (Å²) in [4.78, 5) is 24.8. The maximum Gasteiger partial charge on any atom is 0.313 e. The summed E-state index contributed by atoms with van der Waals surface area (Å²) in [5.41, 5.74) is 2.29. The van der Waals surface area contributed by atoms with Gasteiger partial charge in [0.05, 0.1) is 14.2 Å². The number of carbonyl (C=O) groups is 2. The Labute approximate surface area is 199 Å². The Morgan fingerprint density at radius 1 is 1.06 bits per heavy atom. The zero-order valence-electron chi connectivity index (χ0n) is 19.7. The molecule has 180 valence electrons. The normalized spacial score (nSPS) is 19.3. The first-order valence-electron chi connectivity index (χ1n) is 12.0. The molecular weight excluding hydrogens is 434 g/mol.